The first-order chi connectivity index (χ1) is 11.9. The number of nitrogens with one attached hydrogen (secondary N) is 1. The Balaban J connectivity index is 1.97. The maximum absolute atomic E-state index is 13.2. The molecule has 5 rings (SSSR count). The van der Waals surface area contributed by atoms with Crippen LogP contribution in [0, 0.1) is 11.8 Å². The maximum Gasteiger partial charge on any atom is 0.334 e. The Morgan fingerprint density at radius 2 is 1.84 bits per heavy atom. The van der Waals surface area contributed by atoms with Gasteiger partial charge in [-0.2, -0.15) is 0 Å². The molecule has 25 heavy (non-hydrogen) atoms. The predicted molar refractivity (Wildman–Crippen MR) is 90.0 cm³/mol. The van der Waals surface area contributed by atoms with Gasteiger partial charge >= 0.3 is 5.97 Å². The normalized spacial score (nSPS) is 34.0. The monoisotopic (exact) mass is 343 g/mol. The molecule has 0 amide bonds. The number of benzene rings is 1. The molecule has 1 heterocycles. The molecule has 6 nitrogen and oxygen atoms in total. The van der Waals surface area contributed by atoms with Crippen LogP contribution in [0.15, 0.2) is 35.9 Å². The molecule has 1 aromatic carbocycles. The lowest BCUT2D eigenvalue weighted by atomic mass is 9.52. The van der Waals surface area contributed by atoms with E-state index in [-0.39, 0.29) is 11.7 Å². The van der Waals surface area contributed by atoms with E-state index >= 15 is 0 Å². The number of carbonyl (C=O) groups is 2. The van der Waals surface area contributed by atoms with Gasteiger partial charge < -0.3 is 19.5 Å². The van der Waals surface area contributed by atoms with Gasteiger partial charge in [0.2, 0.25) is 5.79 Å². The molecule has 6 heteroatoms. The third-order valence-electron chi connectivity index (χ3n) is 6.03. The third kappa shape index (κ3) is 1.76. The molecule has 0 saturated heterocycles. The molecule has 0 aromatic heterocycles. The minimum absolute atomic E-state index is 0.0898. The van der Waals surface area contributed by atoms with Crippen molar-refractivity contribution in [1.29, 1.82) is 0 Å². The summed E-state index contributed by atoms with van der Waals surface area (Å²) in [6, 6.07) is 7.93. The number of allylic oxidation sites excluding steroid dienone is 1. The Kier molecular flexibility index (Phi) is 3.36. The first kappa shape index (κ1) is 16.3. The van der Waals surface area contributed by atoms with Gasteiger partial charge in [0.15, 0.2) is 5.78 Å². The second kappa shape index (κ2) is 5.16. The summed E-state index contributed by atoms with van der Waals surface area (Å²) in [6.45, 7) is 2.02. The van der Waals surface area contributed by atoms with E-state index in [2.05, 4.69) is 5.32 Å². The van der Waals surface area contributed by atoms with E-state index in [4.69, 9.17) is 14.2 Å². The van der Waals surface area contributed by atoms with Crippen molar-refractivity contribution in [2.75, 3.05) is 26.6 Å². The lowest BCUT2D eigenvalue weighted by Crippen LogP contribution is -2.71. The highest BCUT2D eigenvalue weighted by molar-refractivity contribution is 6.02. The van der Waals surface area contributed by atoms with Crippen LogP contribution in [0.5, 0.6) is 0 Å². The summed E-state index contributed by atoms with van der Waals surface area (Å²) >= 11 is 0. The number of ketones is 1. The molecule has 4 atom stereocenters. The van der Waals surface area contributed by atoms with E-state index < -0.39 is 29.1 Å². The van der Waals surface area contributed by atoms with Crippen LogP contribution in [0.2, 0.25) is 0 Å². The molecule has 1 aliphatic heterocycles. The molecule has 1 N–H and O–H groups in total. The summed E-state index contributed by atoms with van der Waals surface area (Å²) in [4.78, 5) is 25.7. The fourth-order valence-electron chi connectivity index (χ4n) is 5.13. The molecule has 3 aliphatic carbocycles. The van der Waals surface area contributed by atoms with Gasteiger partial charge in [-0.15, -0.1) is 0 Å². The number of rotatable bonds is 3. The molecule has 0 spiro atoms. The molecule has 2 bridgehead atoms. The van der Waals surface area contributed by atoms with Crippen molar-refractivity contribution < 1.29 is 23.8 Å². The molecular formula is C19H21NO5. The average molecular weight is 343 g/mol. The minimum Gasteiger partial charge on any atom is -0.466 e. The van der Waals surface area contributed by atoms with E-state index in [0.29, 0.717) is 5.57 Å². The Hall–Kier alpha value is -2.18. The fraction of sp³-hybridized carbons (Fsp3) is 0.474. The van der Waals surface area contributed by atoms with Crippen LogP contribution in [0.1, 0.15) is 18.4 Å². The van der Waals surface area contributed by atoms with Crippen LogP contribution < -0.4 is 5.32 Å². The Morgan fingerprint density at radius 3 is 2.48 bits per heavy atom. The molecule has 4 aliphatic rings. The van der Waals surface area contributed by atoms with Crippen LogP contribution in [0.25, 0.3) is 0 Å². The molecule has 4 unspecified atom stereocenters. The zero-order valence-corrected chi connectivity index (χ0v) is 14.7. The van der Waals surface area contributed by atoms with E-state index in [1.165, 1.54) is 21.3 Å². The number of esters is 1. The second-order valence-electron chi connectivity index (χ2n) is 6.98. The lowest BCUT2D eigenvalue weighted by Gasteiger charge is -2.57. The Morgan fingerprint density at radius 1 is 1.16 bits per heavy atom. The number of anilines is 1. The summed E-state index contributed by atoms with van der Waals surface area (Å²) < 4.78 is 16.2. The van der Waals surface area contributed by atoms with Crippen molar-refractivity contribution in [3.8, 4) is 0 Å². The first-order valence-electron chi connectivity index (χ1n) is 8.26. The summed E-state index contributed by atoms with van der Waals surface area (Å²) in [6.07, 6.45) is 1.74. The highest BCUT2D eigenvalue weighted by Crippen LogP contribution is 2.63. The number of methoxy groups -OCH3 is 3. The quantitative estimate of drug-likeness (QED) is 0.667. The first-order valence-corrected chi connectivity index (χ1v) is 8.26. The van der Waals surface area contributed by atoms with E-state index in [0.717, 1.165) is 11.3 Å². The summed E-state index contributed by atoms with van der Waals surface area (Å²) in [5.74, 6) is -3.37. The van der Waals surface area contributed by atoms with Crippen molar-refractivity contribution in [2.24, 2.45) is 11.8 Å². The minimum atomic E-state index is -1.51. The predicted octanol–water partition coefficient (Wildman–Crippen LogP) is 1.87. The van der Waals surface area contributed by atoms with Crippen LogP contribution in [-0.4, -0.2) is 44.4 Å². The van der Waals surface area contributed by atoms with Gasteiger partial charge in [0.25, 0.3) is 0 Å². The number of hydrogen-bond donors (Lipinski definition) is 1. The summed E-state index contributed by atoms with van der Waals surface area (Å²) in [5, 5.41) is 3.54. The number of ether oxygens (including phenoxy) is 3. The third-order valence-corrected chi connectivity index (χ3v) is 6.03. The van der Waals surface area contributed by atoms with Gasteiger partial charge in [-0.05, 0) is 18.6 Å². The van der Waals surface area contributed by atoms with Gasteiger partial charge in [-0.3, -0.25) is 4.79 Å². The molecule has 1 aromatic rings. The number of para-hydroxylation sites is 1. The van der Waals surface area contributed by atoms with Gasteiger partial charge in [0, 0.05) is 31.4 Å². The Labute approximate surface area is 146 Å². The molecule has 1 saturated carbocycles. The van der Waals surface area contributed by atoms with E-state index in [9.17, 15) is 9.59 Å². The van der Waals surface area contributed by atoms with Crippen LogP contribution in [0.4, 0.5) is 5.69 Å². The van der Waals surface area contributed by atoms with Crippen molar-refractivity contribution in [1.82, 2.24) is 0 Å². The molecular weight excluding hydrogens is 322 g/mol. The van der Waals surface area contributed by atoms with Gasteiger partial charge in [0.05, 0.1) is 24.5 Å². The fourth-order valence-corrected chi connectivity index (χ4v) is 5.13. The smallest absolute Gasteiger partial charge is 0.334 e. The van der Waals surface area contributed by atoms with Gasteiger partial charge in [0.1, 0.15) is 0 Å². The van der Waals surface area contributed by atoms with Crippen LogP contribution in [0.3, 0.4) is 0 Å². The van der Waals surface area contributed by atoms with Crippen molar-refractivity contribution in [3.05, 3.63) is 41.5 Å². The zero-order valence-electron chi connectivity index (χ0n) is 14.7. The SMILES string of the molecule is COC(=O)C1=CC2C(=O)C(OC)(OC)C1C1(C)Nc3ccccc3C21. The zero-order chi connectivity index (χ0) is 18.0. The maximum atomic E-state index is 13.2. The largest absolute Gasteiger partial charge is 0.466 e. The Bertz CT molecular complexity index is 797. The van der Waals surface area contributed by atoms with Crippen LogP contribution in [-0.2, 0) is 23.8 Å². The van der Waals surface area contributed by atoms with Gasteiger partial charge in [-0.25, -0.2) is 4.79 Å². The van der Waals surface area contributed by atoms with E-state index in [1.807, 2.05) is 31.2 Å². The number of Topliss-reactive ketones (excluding diaryl/α,β-unsaturated/α-hetero) is 1. The average Bonchev–Trinajstić information content (AvgIpc) is 2.95. The van der Waals surface area contributed by atoms with E-state index in [1.54, 1.807) is 6.08 Å². The summed E-state index contributed by atoms with van der Waals surface area (Å²) in [5.41, 5.74) is 1.87. The lowest BCUT2D eigenvalue weighted by molar-refractivity contribution is -0.248. The topological polar surface area (TPSA) is 73.9 Å². The highest BCUT2D eigenvalue weighted by Gasteiger charge is 2.71. The number of fused-ring (bicyclic) bond motifs is 2. The molecule has 0 radical (unpaired) electrons. The van der Waals surface area contributed by atoms with Crippen molar-refractivity contribution in [2.45, 2.75) is 24.2 Å². The van der Waals surface area contributed by atoms with Gasteiger partial charge in [-0.1, -0.05) is 24.3 Å². The second-order valence-corrected chi connectivity index (χ2v) is 6.98. The molecule has 1 fully saturated rings. The summed E-state index contributed by atoms with van der Waals surface area (Å²) in [7, 11) is 4.22. The highest BCUT2D eigenvalue weighted by atomic mass is 16.7. The number of carbonyl (C=O) groups excluding carboxylic acids is 2. The molecule has 132 valence electrons. The van der Waals surface area contributed by atoms with Crippen molar-refractivity contribution in [3.63, 3.8) is 0 Å². The number of hydrogen-bond acceptors (Lipinski definition) is 6. The van der Waals surface area contributed by atoms with Crippen LogP contribution >= 0.6 is 0 Å². The van der Waals surface area contributed by atoms with Crippen molar-refractivity contribution >= 4 is 17.4 Å². The standard InChI is InChI=1S/C19H21NO5/c1-18-14(10-7-5-6-8-13(10)20-18)11-9-12(17(22)23-2)15(18)19(24-3,25-4)16(11)21/h5-9,11,14-15,20H,1-4H3.